The summed E-state index contributed by atoms with van der Waals surface area (Å²) < 4.78 is 13.1. The van der Waals surface area contributed by atoms with Crippen molar-refractivity contribution in [2.45, 2.75) is 13.0 Å². The zero-order valence-electron chi connectivity index (χ0n) is 8.74. The lowest BCUT2D eigenvalue weighted by atomic mass is 10.2. The minimum absolute atomic E-state index is 0.280. The number of likely N-dealkylation sites (N-methyl/N-ethyl adjacent to an activating group) is 1. The van der Waals surface area contributed by atoms with Gasteiger partial charge in [-0.25, -0.2) is 4.39 Å². The topological polar surface area (TPSA) is 47.3 Å². The van der Waals surface area contributed by atoms with Crippen molar-refractivity contribution in [2.75, 3.05) is 18.5 Å². The van der Waals surface area contributed by atoms with Gasteiger partial charge in [0.05, 0.1) is 17.7 Å². The van der Waals surface area contributed by atoms with Crippen LogP contribution in [0.5, 0.6) is 0 Å². The zero-order valence-corrected chi connectivity index (χ0v) is 8.74. The highest BCUT2D eigenvalue weighted by atomic mass is 19.1. The first-order chi connectivity index (χ1) is 7.02. The summed E-state index contributed by atoms with van der Waals surface area (Å²) in [6, 6.07) is 5.99. The van der Waals surface area contributed by atoms with Gasteiger partial charge in [-0.2, -0.15) is 5.26 Å². The third-order valence-corrected chi connectivity index (χ3v) is 1.99. The highest BCUT2D eigenvalue weighted by Crippen LogP contribution is 2.17. The fraction of sp³-hybridized carbons (Fsp3) is 0.364. The molecule has 1 atom stereocenters. The van der Waals surface area contributed by atoms with Crippen molar-refractivity contribution in [1.29, 1.82) is 5.26 Å². The molecule has 0 heterocycles. The zero-order chi connectivity index (χ0) is 11.4. The molecule has 0 aliphatic heterocycles. The van der Waals surface area contributed by atoms with Gasteiger partial charge in [-0.1, -0.05) is 0 Å². The smallest absolute Gasteiger partial charge is 0.126 e. The van der Waals surface area contributed by atoms with E-state index in [1.54, 1.807) is 24.9 Å². The quantitative estimate of drug-likeness (QED) is 0.819. The van der Waals surface area contributed by atoms with Gasteiger partial charge in [0.15, 0.2) is 0 Å². The average Bonchev–Trinajstić information content (AvgIpc) is 2.15. The van der Waals surface area contributed by atoms with Gasteiger partial charge < -0.3 is 10.0 Å². The van der Waals surface area contributed by atoms with Crippen molar-refractivity contribution in [2.24, 2.45) is 0 Å². The van der Waals surface area contributed by atoms with Crippen LogP contribution in [0.1, 0.15) is 12.5 Å². The van der Waals surface area contributed by atoms with Crippen LogP contribution in [-0.4, -0.2) is 24.8 Å². The van der Waals surface area contributed by atoms with Crippen LogP contribution >= 0.6 is 0 Å². The van der Waals surface area contributed by atoms with Crippen LogP contribution in [0.3, 0.4) is 0 Å². The molecule has 3 nitrogen and oxygen atoms in total. The average molecular weight is 208 g/mol. The lowest BCUT2D eigenvalue weighted by molar-refractivity contribution is 0.201. The van der Waals surface area contributed by atoms with E-state index in [4.69, 9.17) is 5.26 Å². The Labute approximate surface area is 88.4 Å². The Morgan fingerprint density at radius 3 is 2.73 bits per heavy atom. The number of hydrogen-bond acceptors (Lipinski definition) is 3. The van der Waals surface area contributed by atoms with E-state index in [-0.39, 0.29) is 5.56 Å². The third-order valence-electron chi connectivity index (χ3n) is 1.99. The standard InChI is InChI=1S/C11H13FN2O/c1-8(15)7-14(2)11-4-9(6-13)3-10(12)5-11/h3-5,8,15H,7H2,1-2H3. The fourth-order valence-corrected chi connectivity index (χ4v) is 1.36. The Balaban J connectivity index is 2.94. The highest BCUT2D eigenvalue weighted by molar-refractivity contribution is 5.51. The van der Waals surface area contributed by atoms with Gasteiger partial charge in [0, 0.05) is 19.3 Å². The van der Waals surface area contributed by atoms with Gasteiger partial charge >= 0.3 is 0 Å². The molecule has 0 aliphatic rings. The minimum Gasteiger partial charge on any atom is -0.392 e. The van der Waals surface area contributed by atoms with Crippen LogP contribution in [0.25, 0.3) is 0 Å². The number of benzene rings is 1. The van der Waals surface area contributed by atoms with Gasteiger partial charge in [-0.3, -0.25) is 0 Å². The van der Waals surface area contributed by atoms with Crippen LogP contribution in [-0.2, 0) is 0 Å². The highest BCUT2D eigenvalue weighted by Gasteiger charge is 2.07. The molecule has 0 fully saturated rings. The van der Waals surface area contributed by atoms with E-state index >= 15 is 0 Å². The second-order valence-corrected chi connectivity index (χ2v) is 3.54. The molecule has 0 amide bonds. The molecule has 1 N–H and O–H groups in total. The van der Waals surface area contributed by atoms with Crippen molar-refractivity contribution in [3.05, 3.63) is 29.6 Å². The van der Waals surface area contributed by atoms with E-state index < -0.39 is 11.9 Å². The Hall–Kier alpha value is -1.60. The molecule has 0 aromatic heterocycles. The fourth-order valence-electron chi connectivity index (χ4n) is 1.36. The van der Waals surface area contributed by atoms with E-state index in [1.807, 2.05) is 6.07 Å². The molecule has 1 unspecified atom stereocenters. The first kappa shape index (κ1) is 11.5. The van der Waals surface area contributed by atoms with Crippen molar-refractivity contribution in [3.8, 4) is 6.07 Å². The van der Waals surface area contributed by atoms with Crippen LogP contribution < -0.4 is 4.90 Å². The normalized spacial score (nSPS) is 11.9. The molecule has 0 saturated carbocycles. The number of nitrogens with zero attached hydrogens (tertiary/aromatic N) is 2. The van der Waals surface area contributed by atoms with Gasteiger partial charge in [-0.05, 0) is 25.1 Å². The first-order valence-electron chi connectivity index (χ1n) is 4.63. The molecule has 0 spiro atoms. The van der Waals surface area contributed by atoms with Gasteiger partial charge in [-0.15, -0.1) is 0 Å². The summed E-state index contributed by atoms with van der Waals surface area (Å²) in [6.45, 7) is 2.05. The summed E-state index contributed by atoms with van der Waals surface area (Å²) in [5.74, 6) is -0.443. The summed E-state index contributed by atoms with van der Waals surface area (Å²) in [4.78, 5) is 1.70. The number of aliphatic hydroxyl groups excluding tert-OH is 1. The maximum Gasteiger partial charge on any atom is 0.126 e. The van der Waals surface area contributed by atoms with Gasteiger partial charge in [0.2, 0.25) is 0 Å². The van der Waals surface area contributed by atoms with Gasteiger partial charge in [0.25, 0.3) is 0 Å². The molecular formula is C11H13FN2O. The van der Waals surface area contributed by atoms with Crippen molar-refractivity contribution in [3.63, 3.8) is 0 Å². The van der Waals surface area contributed by atoms with Crippen molar-refractivity contribution >= 4 is 5.69 Å². The third kappa shape index (κ3) is 3.22. The monoisotopic (exact) mass is 208 g/mol. The largest absolute Gasteiger partial charge is 0.392 e. The van der Waals surface area contributed by atoms with E-state index in [9.17, 15) is 9.50 Å². The van der Waals surface area contributed by atoms with Crippen LogP contribution in [0.2, 0.25) is 0 Å². The Kier molecular flexibility index (Phi) is 3.64. The Morgan fingerprint density at radius 1 is 1.53 bits per heavy atom. The summed E-state index contributed by atoms with van der Waals surface area (Å²) in [5.41, 5.74) is 0.870. The second kappa shape index (κ2) is 4.76. The van der Waals surface area contributed by atoms with Crippen LogP contribution in [0, 0.1) is 17.1 Å². The summed E-state index contributed by atoms with van der Waals surface area (Å²) >= 11 is 0. The lowest BCUT2D eigenvalue weighted by Crippen LogP contribution is -2.26. The summed E-state index contributed by atoms with van der Waals surface area (Å²) in [7, 11) is 1.74. The second-order valence-electron chi connectivity index (χ2n) is 3.54. The van der Waals surface area contributed by atoms with Gasteiger partial charge in [0.1, 0.15) is 5.82 Å². The number of hydrogen-bond donors (Lipinski definition) is 1. The molecule has 80 valence electrons. The van der Waals surface area contributed by atoms with E-state index in [1.165, 1.54) is 12.1 Å². The number of halogens is 1. The number of rotatable bonds is 3. The lowest BCUT2D eigenvalue weighted by Gasteiger charge is -2.21. The van der Waals surface area contributed by atoms with E-state index in [2.05, 4.69) is 0 Å². The first-order valence-corrected chi connectivity index (χ1v) is 4.63. The molecule has 0 radical (unpaired) electrons. The van der Waals surface area contributed by atoms with Crippen LogP contribution in [0.4, 0.5) is 10.1 Å². The number of nitriles is 1. The molecule has 0 aliphatic carbocycles. The maximum absolute atomic E-state index is 13.1. The minimum atomic E-state index is -0.496. The molecular weight excluding hydrogens is 195 g/mol. The maximum atomic E-state index is 13.1. The number of anilines is 1. The molecule has 1 aromatic carbocycles. The number of aliphatic hydroxyl groups is 1. The van der Waals surface area contributed by atoms with Crippen molar-refractivity contribution < 1.29 is 9.50 Å². The molecule has 1 aromatic rings. The molecule has 0 bridgehead atoms. The van der Waals surface area contributed by atoms with E-state index in [0.717, 1.165) is 0 Å². The Bertz CT molecular complexity index is 385. The SMILES string of the molecule is CC(O)CN(C)c1cc(F)cc(C#N)c1. The molecule has 1 rings (SSSR count). The molecule has 15 heavy (non-hydrogen) atoms. The summed E-state index contributed by atoms with van der Waals surface area (Å²) in [5, 5.41) is 17.8. The Morgan fingerprint density at radius 2 is 2.20 bits per heavy atom. The van der Waals surface area contributed by atoms with Crippen LogP contribution in [0.15, 0.2) is 18.2 Å². The predicted molar refractivity (Wildman–Crippen MR) is 56.1 cm³/mol. The van der Waals surface area contributed by atoms with E-state index in [0.29, 0.717) is 12.2 Å². The van der Waals surface area contributed by atoms with Crippen molar-refractivity contribution in [1.82, 2.24) is 0 Å². The molecule has 4 heteroatoms. The predicted octanol–water partition coefficient (Wildman–Crippen LogP) is 1.51. The molecule has 0 saturated heterocycles. The summed E-state index contributed by atoms with van der Waals surface area (Å²) in [6.07, 6.45) is -0.496.